The Balaban J connectivity index is 2.10. The molecule has 0 aromatic carbocycles. The third kappa shape index (κ3) is 2.96. The number of carbonyl (C=O) groups is 1. The molecule has 4 heteroatoms. The Labute approximate surface area is 102 Å². The number of rotatable bonds is 1. The first-order valence-electron chi connectivity index (χ1n) is 6.29. The minimum atomic E-state index is -0.0231. The molecule has 0 bridgehead atoms. The average Bonchev–Trinajstić information content (AvgIpc) is 2.28. The lowest BCUT2D eigenvalue weighted by atomic mass is 10.1. The minimum absolute atomic E-state index is 0.0231. The Kier molecular flexibility index (Phi) is 3.96. The maximum atomic E-state index is 12.3. The fraction of sp³-hybridized carbons (Fsp3) is 0.538. The number of nitrogen functional groups attached to an aromatic ring is 1. The van der Waals surface area contributed by atoms with Crippen LogP contribution in [-0.4, -0.2) is 28.9 Å². The zero-order valence-corrected chi connectivity index (χ0v) is 10.1. The zero-order chi connectivity index (χ0) is 12.1. The van der Waals surface area contributed by atoms with Crippen molar-refractivity contribution in [1.82, 2.24) is 9.88 Å². The quantitative estimate of drug-likeness (QED) is 0.807. The number of amides is 1. The van der Waals surface area contributed by atoms with Gasteiger partial charge in [-0.2, -0.15) is 0 Å². The second-order valence-electron chi connectivity index (χ2n) is 4.50. The molecule has 1 aliphatic rings. The van der Waals surface area contributed by atoms with E-state index in [0.717, 1.165) is 25.9 Å². The molecular formula is C13H19N3O. The largest absolute Gasteiger partial charge is 0.397 e. The van der Waals surface area contributed by atoms with Crippen molar-refractivity contribution in [1.29, 1.82) is 0 Å². The molecule has 1 aromatic rings. The van der Waals surface area contributed by atoms with Gasteiger partial charge in [0.15, 0.2) is 5.69 Å². The molecule has 4 nitrogen and oxygen atoms in total. The zero-order valence-electron chi connectivity index (χ0n) is 10.1. The molecule has 1 amide bonds. The monoisotopic (exact) mass is 233 g/mol. The van der Waals surface area contributed by atoms with Gasteiger partial charge in [0.25, 0.3) is 5.91 Å². The number of nitrogens with two attached hydrogens (primary N) is 1. The molecule has 1 fully saturated rings. The highest BCUT2D eigenvalue weighted by molar-refractivity contribution is 5.97. The SMILES string of the molecule is Nc1cccnc1C(=O)N1CCCCCCC1. The molecular weight excluding hydrogens is 214 g/mol. The van der Waals surface area contributed by atoms with E-state index >= 15 is 0 Å². The van der Waals surface area contributed by atoms with Crippen molar-refractivity contribution in [3.63, 3.8) is 0 Å². The van der Waals surface area contributed by atoms with Crippen molar-refractivity contribution < 1.29 is 4.79 Å². The highest BCUT2D eigenvalue weighted by atomic mass is 16.2. The topological polar surface area (TPSA) is 59.2 Å². The molecule has 0 spiro atoms. The first-order valence-corrected chi connectivity index (χ1v) is 6.29. The second-order valence-corrected chi connectivity index (χ2v) is 4.50. The summed E-state index contributed by atoms with van der Waals surface area (Å²) in [6.45, 7) is 1.66. The molecule has 1 aliphatic heterocycles. The molecule has 0 unspecified atom stereocenters. The highest BCUT2D eigenvalue weighted by Crippen LogP contribution is 2.15. The molecule has 17 heavy (non-hydrogen) atoms. The van der Waals surface area contributed by atoms with E-state index in [2.05, 4.69) is 4.98 Å². The van der Waals surface area contributed by atoms with Gasteiger partial charge in [0, 0.05) is 19.3 Å². The van der Waals surface area contributed by atoms with E-state index in [1.165, 1.54) is 19.3 Å². The molecule has 2 heterocycles. The van der Waals surface area contributed by atoms with Crippen molar-refractivity contribution in [3.8, 4) is 0 Å². The standard InChI is InChI=1S/C13H19N3O/c14-11-7-6-8-15-12(11)13(17)16-9-4-2-1-3-5-10-16/h6-8H,1-5,9-10,14H2. The van der Waals surface area contributed by atoms with E-state index < -0.39 is 0 Å². The fourth-order valence-electron chi connectivity index (χ4n) is 2.20. The van der Waals surface area contributed by atoms with Gasteiger partial charge in [-0.1, -0.05) is 19.3 Å². The van der Waals surface area contributed by atoms with Crippen molar-refractivity contribution in [2.24, 2.45) is 0 Å². The number of carbonyl (C=O) groups excluding carboxylic acids is 1. The van der Waals surface area contributed by atoms with Crippen LogP contribution in [-0.2, 0) is 0 Å². The molecule has 1 saturated heterocycles. The molecule has 0 atom stereocenters. The summed E-state index contributed by atoms with van der Waals surface area (Å²) in [7, 11) is 0. The summed E-state index contributed by atoms with van der Waals surface area (Å²) in [6.07, 6.45) is 7.49. The smallest absolute Gasteiger partial charge is 0.274 e. The van der Waals surface area contributed by atoms with Crippen molar-refractivity contribution in [2.75, 3.05) is 18.8 Å². The Morgan fingerprint density at radius 3 is 2.47 bits per heavy atom. The van der Waals surface area contributed by atoms with Crippen molar-refractivity contribution in [3.05, 3.63) is 24.0 Å². The van der Waals surface area contributed by atoms with Gasteiger partial charge in [0.05, 0.1) is 5.69 Å². The van der Waals surface area contributed by atoms with E-state index in [1.807, 2.05) is 4.90 Å². The lowest BCUT2D eigenvalue weighted by Crippen LogP contribution is -2.34. The number of likely N-dealkylation sites (tertiary alicyclic amines) is 1. The Hall–Kier alpha value is -1.58. The number of pyridine rings is 1. The van der Waals surface area contributed by atoms with Crippen LogP contribution >= 0.6 is 0 Å². The van der Waals surface area contributed by atoms with Crippen LogP contribution in [0, 0.1) is 0 Å². The summed E-state index contributed by atoms with van der Waals surface area (Å²) in [5.41, 5.74) is 6.66. The van der Waals surface area contributed by atoms with Gasteiger partial charge in [0.1, 0.15) is 0 Å². The summed E-state index contributed by atoms with van der Waals surface area (Å²) in [4.78, 5) is 18.2. The maximum Gasteiger partial charge on any atom is 0.274 e. The number of aromatic nitrogens is 1. The third-order valence-electron chi connectivity index (χ3n) is 3.18. The molecule has 1 aromatic heterocycles. The van der Waals surface area contributed by atoms with Gasteiger partial charge < -0.3 is 10.6 Å². The van der Waals surface area contributed by atoms with Crippen molar-refractivity contribution in [2.45, 2.75) is 32.1 Å². The molecule has 2 rings (SSSR count). The van der Waals surface area contributed by atoms with E-state index in [0.29, 0.717) is 11.4 Å². The van der Waals surface area contributed by atoms with Gasteiger partial charge in [-0.05, 0) is 25.0 Å². The first kappa shape index (κ1) is 11.9. The number of hydrogen-bond acceptors (Lipinski definition) is 3. The Bertz CT molecular complexity index is 384. The van der Waals surface area contributed by atoms with Crippen LogP contribution in [0.15, 0.2) is 18.3 Å². The molecule has 0 radical (unpaired) electrons. The lowest BCUT2D eigenvalue weighted by Gasteiger charge is -2.24. The van der Waals surface area contributed by atoms with E-state index in [9.17, 15) is 4.79 Å². The van der Waals surface area contributed by atoms with Gasteiger partial charge in [0.2, 0.25) is 0 Å². The molecule has 2 N–H and O–H groups in total. The minimum Gasteiger partial charge on any atom is -0.397 e. The summed E-state index contributed by atoms with van der Waals surface area (Å²) in [5, 5.41) is 0. The second kappa shape index (κ2) is 5.66. The molecule has 0 saturated carbocycles. The lowest BCUT2D eigenvalue weighted by molar-refractivity contribution is 0.0737. The Morgan fingerprint density at radius 2 is 1.82 bits per heavy atom. The number of hydrogen-bond donors (Lipinski definition) is 1. The summed E-state index contributed by atoms with van der Waals surface area (Å²) >= 11 is 0. The van der Waals surface area contributed by atoms with E-state index in [4.69, 9.17) is 5.73 Å². The van der Waals surface area contributed by atoms with E-state index in [1.54, 1.807) is 18.3 Å². The summed E-state index contributed by atoms with van der Waals surface area (Å²) < 4.78 is 0. The highest BCUT2D eigenvalue weighted by Gasteiger charge is 2.19. The molecule has 0 aliphatic carbocycles. The van der Waals surface area contributed by atoms with Gasteiger partial charge in [-0.25, -0.2) is 4.98 Å². The van der Waals surface area contributed by atoms with Crippen LogP contribution in [0.5, 0.6) is 0 Å². The van der Waals surface area contributed by atoms with Crippen LogP contribution in [0.25, 0.3) is 0 Å². The van der Waals surface area contributed by atoms with Crippen LogP contribution in [0.2, 0.25) is 0 Å². The van der Waals surface area contributed by atoms with E-state index in [-0.39, 0.29) is 5.91 Å². The summed E-state index contributed by atoms with van der Waals surface area (Å²) in [6, 6.07) is 3.48. The van der Waals surface area contributed by atoms with Gasteiger partial charge in [-0.3, -0.25) is 4.79 Å². The third-order valence-corrected chi connectivity index (χ3v) is 3.18. The van der Waals surface area contributed by atoms with Crippen LogP contribution in [0.3, 0.4) is 0 Å². The first-order chi connectivity index (χ1) is 8.29. The van der Waals surface area contributed by atoms with Crippen LogP contribution < -0.4 is 5.73 Å². The average molecular weight is 233 g/mol. The number of anilines is 1. The van der Waals surface area contributed by atoms with Crippen LogP contribution in [0.4, 0.5) is 5.69 Å². The number of nitrogens with zero attached hydrogens (tertiary/aromatic N) is 2. The fourth-order valence-corrected chi connectivity index (χ4v) is 2.20. The Morgan fingerprint density at radius 1 is 1.18 bits per heavy atom. The summed E-state index contributed by atoms with van der Waals surface area (Å²) in [5.74, 6) is -0.0231. The van der Waals surface area contributed by atoms with Crippen molar-refractivity contribution >= 4 is 11.6 Å². The predicted octanol–water partition coefficient (Wildman–Crippen LogP) is 2.07. The van der Waals surface area contributed by atoms with Gasteiger partial charge >= 0.3 is 0 Å². The maximum absolute atomic E-state index is 12.3. The van der Waals surface area contributed by atoms with Gasteiger partial charge in [-0.15, -0.1) is 0 Å². The van der Waals surface area contributed by atoms with Crippen LogP contribution in [0.1, 0.15) is 42.6 Å². The predicted molar refractivity (Wildman–Crippen MR) is 67.6 cm³/mol. The molecule has 92 valence electrons. The normalized spacial score (nSPS) is 17.3.